The Hall–Kier alpha value is -1.98. The molecule has 0 aliphatic rings. The number of aliphatic imine (C=N–C) groups is 1. The summed E-state index contributed by atoms with van der Waals surface area (Å²) < 4.78 is 27.2. The fourth-order valence-corrected chi connectivity index (χ4v) is 2.18. The molecule has 0 aromatic heterocycles. The van der Waals surface area contributed by atoms with Crippen molar-refractivity contribution < 1.29 is 12.6 Å². The Bertz CT molecular complexity index is 682. The van der Waals surface area contributed by atoms with Crippen LogP contribution >= 0.6 is 0 Å². The summed E-state index contributed by atoms with van der Waals surface area (Å²) in [5.74, 6) is 0. The number of benzene rings is 2. The summed E-state index contributed by atoms with van der Waals surface area (Å²) in [5, 5.41) is 0. The molecule has 0 aliphatic carbocycles. The molecule has 0 saturated heterocycles. The second kappa shape index (κ2) is 7.15. The van der Waals surface area contributed by atoms with Crippen LogP contribution in [0.2, 0.25) is 0 Å². The van der Waals surface area contributed by atoms with Crippen LogP contribution in [0.25, 0.3) is 0 Å². The second-order valence-electron chi connectivity index (χ2n) is 4.60. The highest BCUT2D eigenvalue weighted by Crippen LogP contribution is 2.18. The van der Waals surface area contributed by atoms with E-state index in [1.54, 1.807) is 6.21 Å². The number of rotatable bonds is 6. The maximum atomic E-state index is 11.2. The van der Waals surface area contributed by atoms with Gasteiger partial charge in [0.05, 0.1) is 18.9 Å². The highest BCUT2D eigenvalue weighted by molar-refractivity contribution is 7.85. The minimum absolute atomic E-state index is 0.00776. The largest absolute Gasteiger partial charge is 0.282 e. The van der Waals surface area contributed by atoms with Crippen molar-refractivity contribution in [2.75, 3.05) is 12.9 Å². The van der Waals surface area contributed by atoms with Crippen molar-refractivity contribution in [1.82, 2.24) is 0 Å². The summed E-state index contributed by atoms with van der Waals surface area (Å²) in [7, 11) is -3.48. The van der Waals surface area contributed by atoms with E-state index in [2.05, 4.69) is 4.99 Å². The van der Waals surface area contributed by atoms with Crippen molar-refractivity contribution in [3.8, 4) is 0 Å². The van der Waals surface area contributed by atoms with Crippen molar-refractivity contribution in [2.24, 2.45) is 4.99 Å². The Morgan fingerprint density at radius 3 is 2.19 bits per heavy atom. The zero-order valence-electron chi connectivity index (χ0n) is 11.7. The molecule has 110 valence electrons. The Labute approximate surface area is 125 Å². The smallest absolute Gasteiger partial charge is 0.264 e. The van der Waals surface area contributed by atoms with Gasteiger partial charge in [0.25, 0.3) is 10.1 Å². The molecule has 1 atom stereocenters. The lowest BCUT2D eigenvalue weighted by atomic mass is 10.1. The quantitative estimate of drug-likeness (QED) is 0.609. The molecule has 0 amide bonds. The van der Waals surface area contributed by atoms with Gasteiger partial charge in [0.1, 0.15) is 0 Å². The van der Waals surface area contributed by atoms with Gasteiger partial charge < -0.3 is 0 Å². The monoisotopic (exact) mass is 303 g/mol. The maximum Gasteiger partial charge on any atom is 0.264 e. The van der Waals surface area contributed by atoms with Crippen molar-refractivity contribution in [2.45, 2.75) is 6.04 Å². The van der Waals surface area contributed by atoms with Gasteiger partial charge in [-0.05, 0) is 11.1 Å². The zero-order valence-corrected chi connectivity index (χ0v) is 12.5. The van der Waals surface area contributed by atoms with Gasteiger partial charge in [-0.1, -0.05) is 60.7 Å². The van der Waals surface area contributed by atoms with E-state index in [4.69, 9.17) is 4.18 Å². The average molecular weight is 303 g/mol. The van der Waals surface area contributed by atoms with Crippen molar-refractivity contribution in [1.29, 1.82) is 0 Å². The maximum absolute atomic E-state index is 11.2. The van der Waals surface area contributed by atoms with Crippen LogP contribution in [0.3, 0.4) is 0 Å². The lowest BCUT2D eigenvalue weighted by molar-refractivity contribution is 0.298. The van der Waals surface area contributed by atoms with Crippen LogP contribution in [0.5, 0.6) is 0 Å². The molecule has 5 heteroatoms. The number of nitrogens with zero attached hydrogens (tertiary/aromatic N) is 1. The molecule has 0 aliphatic heterocycles. The first-order valence-electron chi connectivity index (χ1n) is 6.52. The molecule has 0 spiro atoms. The molecule has 4 nitrogen and oxygen atoms in total. The second-order valence-corrected chi connectivity index (χ2v) is 6.25. The highest BCUT2D eigenvalue weighted by Gasteiger charge is 2.12. The Morgan fingerprint density at radius 2 is 1.62 bits per heavy atom. The van der Waals surface area contributed by atoms with Gasteiger partial charge in [0, 0.05) is 6.21 Å². The third-order valence-electron chi connectivity index (χ3n) is 2.83. The third kappa shape index (κ3) is 5.49. The average Bonchev–Trinajstić information content (AvgIpc) is 2.48. The fourth-order valence-electron chi connectivity index (χ4n) is 1.80. The van der Waals surface area contributed by atoms with E-state index in [9.17, 15) is 8.42 Å². The van der Waals surface area contributed by atoms with Gasteiger partial charge in [0.2, 0.25) is 0 Å². The Kier molecular flexibility index (Phi) is 5.25. The molecule has 2 aromatic carbocycles. The summed E-state index contributed by atoms with van der Waals surface area (Å²) in [6.45, 7) is -0.00776. The van der Waals surface area contributed by atoms with Gasteiger partial charge in [-0.2, -0.15) is 8.42 Å². The first-order chi connectivity index (χ1) is 10.0. The lowest BCUT2D eigenvalue weighted by Gasteiger charge is -2.12. The molecule has 1 unspecified atom stereocenters. The summed E-state index contributed by atoms with van der Waals surface area (Å²) in [5.41, 5.74) is 1.87. The minimum Gasteiger partial charge on any atom is -0.282 e. The Balaban J connectivity index is 2.18. The summed E-state index contributed by atoms with van der Waals surface area (Å²) in [4.78, 5) is 4.45. The predicted molar refractivity (Wildman–Crippen MR) is 84.0 cm³/mol. The van der Waals surface area contributed by atoms with Crippen LogP contribution in [0.4, 0.5) is 0 Å². The van der Waals surface area contributed by atoms with E-state index in [0.717, 1.165) is 17.4 Å². The SMILES string of the molecule is CS(=O)(=O)OCC(N=Cc1ccccc1)c1ccccc1. The predicted octanol–water partition coefficient (Wildman–Crippen LogP) is 2.82. The van der Waals surface area contributed by atoms with Crippen LogP contribution in [-0.4, -0.2) is 27.5 Å². The molecule has 0 fully saturated rings. The summed E-state index contributed by atoms with van der Waals surface area (Å²) >= 11 is 0. The van der Waals surface area contributed by atoms with Gasteiger partial charge in [0.15, 0.2) is 0 Å². The lowest BCUT2D eigenvalue weighted by Crippen LogP contribution is -2.11. The molecular formula is C16H17NO3S. The van der Waals surface area contributed by atoms with E-state index >= 15 is 0 Å². The van der Waals surface area contributed by atoms with Crippen LogP contribution in [0.1, 0.15) is 17.2 Å². The van der Waals surface area contributed by atoms with Crippen LogP contribution in [0.15, 0.2) is 65.7 Å². The van der Waals surface area contributed by atoms with E-state index in [-0.39, 0.29) is 12.6 Å². The standard InChI is InChI=1S/C16H17NO3S/c1-21(18,19)20-13-16(15-10-6-3-7-11-15)17-12-14-8-4-2-5-9-14/h2-12,16H,13H2,1H3. The van der Waals surface area contributed by atoms with Gasteiger partial charge in [-0.3, -0.25) is 9.18 Å². The van der Waals surface area contributed by atoms with Gasteiger partial charge in [-0.15, -0.1) is 0 Å². The van der Waals surface area contributed by atoms with Crippen LogP contribution in [0, 0.1) is 0 Å². The van der Waals surface area contributed by atoms with Crippen LogP contribution < -0.4 is 0 Å². The molecule has 0 saturated carbocycles. The van der Waals surface area contributed by atoms with Crippen molar-refractivity contribution in [3.63, 3.8) is 0 Å². The molecule has 2 rings (SSSR count). The van der Waals surface area contributed by atoms with Crippen LogP contribution in [-0.2, 0) is 14.3 Å². The molecule has 2 aromatic rings. The topological polar surface area (TPSA) is 55.7 Å². The minimum atomic E-state index is -3.48. The van der Waals surface area contributed by atoms with E-state index in [1.165, 1.54) is 0 Å². The van der Waals surface area contributed by atoms with E-state index < -0.39 is 10.1 Å². The molecule has 0 bridgehead atoms. The molecule has 0 heterocycles. The van der Waals surface area contributed by atoms with Gasteiger partial charge >= 0.3 is 0 Å². The van der Waals surface area contributed by atoms with E-state index in [1.807, 2.05) is 60.7 Å². The van der Waals surface area contributed by atoms with E-state index in [0.29, 0.717) is 0 Å². The molecule has 21 heavy (non-hydrogen) atoms. The molecule has 0 radical (unpaired) electrons. The third-order valence-corrected chi connectivity index (χ3v) is 3.39. The van der Waals surface area contributed by atoms with Crippen molar-refractivity contribution >= 4 is 16.3 Å². The molecule has 0 N–H and O–H groups in total. The summed E-state index contributed by atoms with van der Waals surface area (Å²) in [6, 6.07) is 18.8. The normalized spacial score (nSPS) is 13.4. The highest BCUT2D eigenvalue weighted by atomic mass is 32.2. The number of hydrogen-bond acceptors (Lipinski definition) is 4. The number of hydrogen-bond donors (Lipinski definition) is 0. The Morgan fingerprint density at radius 1 is 1.05 bits per heavy atom. The first kappa shape index (κ1) is 15.4. The van der Waals surface area contributed by atoms with Gasteiger partial charge in [-0.25, -0.2) is 0 Å². The first-order valence-corrected chi connectivity index (χ1v) is 8.34. The molecular weight excluding hydrogens is 286 g/mol. The fraction of sp³-hybridized carbons (Fsp3) is 0.188. The zero-order chi connectivity index (χ0) is 15.1. The van der Waals surface area contributed by atoms with Crippen molar-refractivity contribution in [3.05, 3.63) is 71.8 Å². The summed E-state index contributed by atoms with van der Waals surface area (Å²) in [6.07, 6.45) is 2.76.